The minimum absolute atomic E-state index is 0.214. The van der Waals surface area contributed by atoms with E-state index in [1.165, 1.54) is 22.3 Å². The van der Waals surface area contributed by atoms with E-state index >= 15 is 0 Å². The molecule has 1 aliphatic rings. The van der Waals surface area contributed by atoms with Crippen molar-refractivity contribution in [1.82, 2.24) is 9.88 Å². The van der Waals surface area contributed by atoms with Gasteiger partial charge in [-0.3, -0.25) is 9.78 Å². The zero-order valence-electron chi connectivity index (χ0n) is 16.3. The van der Waals surface area contributed by atoms with Crippen LogP contribution in [-0.4, -0.2) is 42.6 Å². The normalized spacial score (nSPS) is 15.4. The maximum Gasteiger partial charge on any atom is 0.409 e. The highest BCUT2D eigenvalue weighted by atomic mass is 32.1. The molecule has 150 valence electrons. The van der Waals surface area contributed by atoms with E-state index < -0.39 is 0 Å². The van der Waals surface area contributed by atoms with E-state index in [0.29, 0.717) is 17.2 Å². The maximum absolute atomic E-state index is 12.3. The van der Waals surface area contributed by atoms with Gasteiger partial charge in [-0.25, -0.2) is 4.79 Å². The van der Waals surface area contributed by atoms with Crippen LogP contribution in [0.25, 0.3) is 6.08 Å². The molecule has 1 atom stereocenters. The molecule has 1 N–H and O–H groups in total. The number of ether oxygens (including phenoxy) is 1. The van der Waals surface area contributed by atoms with Gasteiger partial charge in [0.15, 0.2) is 0 Å². The van der Waals surface area contributed by atoms with Gasteiger partial charge in [-0.1, -0.05) is 6.07 Å². The SMILES string of the molecule is CN(C)C(=O)OC[C@H]1CCc2c(sc(NC(=O)C=Cc3cccnc3)c2C#N)C1. The third-order valence-corrected chi connectivity index (χ3v) is 5.80. The molecule has 0 aliphatic heterocycles. The first-order valence-electron chi connectivity index (χ1n) is 9.25. The molecule has 0 bridgehead atoms. The van der Waals surface area contributed by atoms with Crippen molar-refractivity contribution < 1.29 is 14.3 Å². The molecule has 3 rings (SSSR count). The van der Waals surface area contributed by atoms with Crippen LogP contribution >= 0.6 is 11.3 Å². The van der Waals surface area contributed by atoms with Crippen molar-refractivity contribution in [3.8, 4) is 6.07 Å². The highest BCUT2D eigenvalue weighted by Gasteiger charge is 2.27. The van der Waals surface area contributed by atoms with Crippen LogP contribution in [0.15, 0.2) is 30.6 Å². The van der Waals surface area contributed by atoms with Crippen molar-refractivity contribution in [1.29, 1.82) is 5.26 Å². The van der Waals surface area contributed by atoms with Gasteiger partial charge in [-0.15, -0.1) is 11.3 Å². The number of anilines is 1. The second kappa shape index (κ2) is 9.34. The van der Waals surface area contributed by atoms with Crippen LogP contribution in [-0.2, 0) is 22.4 Å². The lowest BCUT2D eigenvalue weighted by Gasteiger charge is -2.22. The third-order valence-electron chi connectivity index (χ3n) is 4.64. The molecule has 0 fully saturated rings. The minimum atomic E-state index is -0.354. The van der Waals surface area contributed by atoms with Gasteiger partial charge in [-0.05, 0) is 48.4 Å². The lowest BCUT2D eigenvalue weighted by Crippen LogP contribution is -2.27. The van der Waals surface area contributed by atoms with Crippen molar-refractivity contribution in [2.75, 3.05) is 26.0 Å². The number of hydrogen-bond acceptors (Lipinski definition) is 6. The summed E-state index contributed by atoms with van der Waals surface area (Å²) in [7, 11) is 3.30. The summed E-state index contributed by atoms with van der Waals surface area (Å²) in [6, 6.07) is 5.88. The Kier molecular flexibility index (Phi) is 6.62. The Morgan fingerprint density at radius 1 is 1.48 bits per heavy atom. The predicted octanol–water partition coefficient (Wildman–Crippen LogP) is 3.47. The molecular formula is C21H22N4O3S. The quantitative estimate of drug-likeness (QED) is 0.762. The van der Waals surface area contributed by atoms with Gasteiger partial charge < -0.3 is 15.0 Å². The standard InChI is InChI=1S/C21H22N4O3S/c1-25(2)21(27)28-13-15-5-7-16-17(11-22)20(29-18(16)10-15)24-19(26)8-6-14-4-3-9-23-12-14/h3-4,6,8-9,12,15H,5,7,10,13H2,1-2H3,(H,24,26)/t15-/m0/s1. The first-order chi connectivity index (χ1) is 14.0. The minimum Gasteiger partial charge on any atom is -0.449 e. The Balaban J connectivity index is 1.66. The molecule has 0 unspecified atom stereocenters. The topological polar surface area (TPSA) is 95.3 Å². The van der Waals surface area contributed by atoms with Crippen LogP contribution in [0.4, 0.5) is 9.80 Å². The summed E-state index contributed by atoms with van der Waals surface area (Å²) in [5.74, 6) is -0.0777. The fourth-order valence-corrected chi connectivity index (χ4v) is 4.44. The number of thiophene rings is 1. The van der Waals surface area contributed by atoms with Crippen LogP contribution < -0.4 is 5.32 Å². The van der Waals surface area contributed by atoms with E-state index in [9.17, 15) is 14.9 Å². The van der Waals surface area contributed by atoms with Gasteiger partial charge in [0.25, 0.3) is 0 Å². The fourth-order valence-electron chi connectivity index (χ4n) is 3.12. The van der Waals surface area contributed by atoms with Gasteiger partial charge in [-0.2, -0.15) is 5.26 Å². The number of hydrogen-bond donors (Lipinski definition) is 1. The summed E-state index contributed by atoms with van der Waals surface area (Å²) in [6.07, 6.45) is 8.40. The van der Waals surface area contributed by atoms with Crippen LogP contribution in [0.1, 0.15) is 28.0 Å². The molecule has 2 aromatic heterocycles. The summed E-state index contributed by atoms with van der Waals surface area (Å²) in [5, 5.41) is 13.0. The smallest absolute Gasteiger partial charge is 0.409 e. The van der Waals surface area contributed by atoms with Crippen molar-refractivity contribution in [3.05, 3.63) is 52.2 Å². The molecule has 29 heavy (non-hydrogen) atoms. The van der Waals surface area contributed by atoms with Crippen molar-refractivity contribution in [2.45, 2.75) is 19.3 Å². The summed E-state index contributed by atoms with van der Waals surface area (Å²) in [4.78, 5) is 30.4. The Hall–Kier alpha value is -3.18. The zero-order valence-corrected chi connectivity index (χ0v) is 17.2. The van der Waals surface area contributed by atoms with Crippen molar-refractivity contribution >= 4 is 34.4 Å². The summed E-state index contributed by atoms with van der Waals surface area (Å²) >= 11 is 1.43. The fraction of sp³-hybridized carbons (Fsp3) is 0.333. The van der Waals surface area contributed by atoms with E-state index in [2.05, 4.69) is 16.4 Å². The first-order valence-corrected chi connectivity index (χ1v) is 10.1. The maximum atomic E-state index is 12.3. The molecule has 0 saturated carbocycles. The molecule has 1 aliphatic carbocycles. The highest BCUT2D eigenvalue weighted by molar-refractivity contribution is 7.16. The first kappa shape index (κ1) is 20.6. The Bertz CT molecular complexity index is 960. The molecule has 8 heteroatoms. The van der Waals surface area contributed by atoms with Crippen LogP contribution in [0, 0.1) is 17.2 Å². The van der Waals surface area contributed by atoms with Crippen molar-refractivity contribution in [3.63, 3.8) is 0 Å². The number of nitriles is 1. The van der Waals surface area contributed by atoms with Gasteiger partial charge in [0, 0.05) is 37.4 Å². The monoisotopic (exact) mass is 410 g/mol. The number of nitrogens with one attached hydrogen (secondary N) is 1. The second-order valence-electron chi connectivity index (χ2n) is 7.01. The Morgan fingerprint density at radius 2 is 2.31 bits per heavy atom. The summed E-state index contributed by atoms with van der Waals surface area (Å²) in [6.45, 7) is 0.353. The number of carbonyl (C=O) groups is 2. The molecule has 0 spiro atoms. The molecular weight excluding hydrogens is 388 g/mol. The van der Waals surface area contributed by atoms with Crippen molar-refractivity contribution in [2.24, 2.45) is 5.92 Å². The van der Waals surface area contributed by atoms with E-state index in [0.717, 1.165) is 35.3 Å². The summed E-state index contributed by atoms with van der Waals surface area (Å²) in [5.41, 5.74) is 2.36. The van der Waals surface area contributed by atoms with Gasteiger partial charge in [0.2, 0.25) is 5.91 Å². The lowest BCUT2D eigenvalue weighted by atomic mass is 9.88. The van der Waals surface area contributed by atoms with E-state index in [4.69, 9.17) is 4.74 Å². The number of pyridine rings is 1. The molecule has 0 radical (unpaired) electrons. The highest BCUT2D eigenvalue weighted by Crippen LogP contribution is 2.39. The molecule has 0 aromatic carbocycles. The average Bonchev–Trinajstić information content (AvgIpc) is 3.07. The number of carbonyl (C=O) groups excluding carboxylic acids is 2. The molecule has 0 saturated heterocycles. The lowest BCUT2D eigenvalue weighted by molar-refractivity contribution is -0.111. The largest absolute Gasteiger partial charge is 0.449 e. The molecule has 2 amide bonds. The number of aromatic nitrogens is 1. The van der Waals surface area contributed by atoms with Gasteiger partial charge in [0.05, 0.1) is 12.2 Å². The van der Waals surface area contributed by atoms with Crippen LogP contribution in [0.2, 0.25) is 0 Å². The number of amides is 2. The molecule has 2 aromatic rings. The number of fused-ring (bicyclic) bond motifs is 1. The van der Waals surface area contributed by atoms with E-state index in [-0.39, 0.29) is 17.9 Å². The average molecular weight is 410 g/mol. The predicted molar refractivity (Wildman–Crippen MR) is 111 cm³/mol. The molecule has 2 heterocycles. The zero-order chi connectivity index (χ0) is 20.8. The molecule has 7 nitrogen and oxygen atoms in total. The Labute approximate surface area is 173 Å². The van der Waals surface area contributed by atoms with E-state index in [1.807, 2.05) is 6.07 Å². The number of rotatable bonds is 5. The second-order valence-corrected chi connectivity index (χ2v) is 8.11. The van der Waals surface area contributed by atoms with Crippen LogP contribution in [0.3, 0.4) is 0 Å². The van der Waals surface area contributed by atoms with E-state index in [1.54, 1.807) is 38.6 Å². The van der Waals surface area contributed by atoms with Crippen LogP contribution in [0.5, 0.6) is 0 Å². The van der Waals surface area contributed by atoms with Gasteiger partial charge in [0.1, 0.15) is 11.1 Å². The third kappa shape index (κ3) is 5.21. The Morgan fingerprint density at radius 3 is 3.00 bits per heavy atom. The number of nitrogens with zero attached hydrogens (tertiary/aromatic N) is 3. The van der Waals surface area contributed by atoms with Gasteiger partial charge >= 0.3 is 6.09 Å². The summed E-state index contributed by atoms with van der Waals surface area (Å²) < 4.78 is 5.30.